The Morgan fingerprint density at radius 3 is 2.17 bits per heavy atom. The largest absolute Gasteiger partial charge is 0.444 e. The zero-order valence-corrected chi connectivity index (χ0v) is 21.0. The molecular formula is C26H32ClN3O5. The topological polar surface area (TPSA) is 88.2 Å². The van der Waals surface area contributed by atoms with Crippen LogP contribution in [-0.4, -0.2) is 51.6 Å². The van der Waals surface area contributed by atoms with Crippen LogP contribution in [-0.2, 0) is 27.5 Å². The summed E-state index contributed by atoms with van der Waals surface area (Å²) >= 11 is 5.84. The van der Waals surface area contributed by atoms with Crippen molar-refractivity contribution in [2.24, 2.45) is 0 Å². The molecule has 0 aliphatic carbocycles. The highest BCUT2D eigenvalue weighted by atomic mass is 35.5. The van der Waals surface area contributed by atoms with E-state index in [2.05, 4.69) is 5.32 Å². The number of carbonyl (C=O) groups is 3. The molecule has 1 heterocycles. The molecule has 0 unspecified atom stereocenters. The Morgan fingerprint density at radius 1 is 1.00 bits per heavy atom. The highest BCUT2D eigenvalue weighted by Gasteiger charge is 2.41. The third kappa shape index (κ3) is 7.97. The van der Waals surface area contributed by atoms with Crippen molar-refractivity contribution in [3.05, 3.63) is 71.8 Å². The fraction of sp³-hybridized carbons (Fsp3) is 0.423. The molecular weight excluding hydrogens is 470 g/mol. The lowest BCUT2D eigenvalue weighted by Crippen LogP contribution is -2.59. The van der Waals surface area contributed by atoms with E-state index in [9.17, 15) is 14.4 Å². The first kappa shape index (κ1) is 26.5. The summed E-state index contributed by atoms with van der Waals surface area (Å²) in [5, 5.41) is 3.20. The summed E-state index contributed by atoms with van der Waals surface area (Å²) in [4.78, 5) is 45.4. The monoisotopic (exact) mass is 501 g/mol. The van der Waals surface area contributed by atoms with Crippen LogP contribution in [0, 0.1) is 0 Å². The van der Waals surface area contributed by atoms with Gasteiger partial charge in [-0.25, -0.2) is 9.86 Å². The standard InChI is InChI=1S/C26H32ClN3O5/c1-26(2,3)35-25(33)29-17-21(30(24(27)32)34-18-20-12-8-5-9-13-20)14-15-22(29)23(31)28-16-19-10-6-4-7-11-19/h4-13,21-22H,14-18H2,1-3H3,(H,28,31)/t21-,22+/m1/s1. The minimum absolute atomic E-state index is 0.0472. The number of benzene rings is 2. The first-order valence-corrected chi connectivity index (χ1v) is 12.0. The molecule has 1 aliphatic heterocycles. The van der Waals surface area contributed by atoms with Crippen LogP contribution in [0.15, 0.2) is 60.7 Å². The van der Waals surface area contributed by atoms with E-state index in [1.165, 1.54) is 4.90 Å². The Balaban J connectivity index is 1.72. The number of nitrogens with zero attached hydrogens (tertiary/aromatic N) is 2. The average molecular weight is 502 g/mol. The molecule has 0 saturated carbocycles. The van der Waals surface area contributed by atoms with Crippen LogP contribution >= 0.6 is 11.6 Å². The fourth-order valence-electron chi connectivity index (χ4n) is 3.86. The van der Waals surface area contributed by atoms with Crippen molar-refractivity contribution in [1.82, 2.24) is 15.3 Å². The molecule has 0 aromatic heterocycles. The van der Waals surface area contributed by atoms with Gasteiger partial charge in [-0.2, -0.15) is 0 Å². The van der Waals surface area contributed by atoms with Gasteiger partial charge < -0.3 is 10.1 Å². The van der Waals surface area contributed by atoms with Crippen LogP contribution in [0.1, 0.15) is 44.7 Å². The Labute approximate surface area is 211 Å². The molecule has 8 nitrogen and oxygen atoms in total. The molecule has 1 fully saturated rings. The minimum atomic E-state index is -0.790. The summed E-state index contributed by atoms with van der Waals surface area (Å²) in [7, 11) is 0. The number of ether oxygens (including phenoxy) is 1. The summed E-state index contributed by atoms with van der Waals surface area (Å²) < 4.78 is 5.57. The molecule has 1 aliphatic rings. The molecule has 1 N–H and O–H groups in total. The van der Waals surface area contributed by atoms with Crippen LogP contribution in [0.4, 0.5) is 9.59 Å². The van der Waals surface area contributed by atoms with Crippen molar-refractivity contribution in [3.8, 4) is 0 Å². The van der Waals surface area contributed by atoms with Crippen molar-refractivity contribution < 1.29 is 24.0 Å². The summed E-state index contributed by atoms with van der Waals surface area (Å²) in [6, 6.07) is 17.6. The average Bonchev–Trinajstić information content (AvgIpc) is 2.82. The fourth-order valence-corrected chi connectivity index (χ4v) is 4.05. The highest BCUT2D eigenvalue weighted by molar-refractivity contribution is 6.62. The second-order valence-electron chi connectivity index (χ2n) is 9.42. The van der Waals surface area contributed by atoms with E-state index in [0.29, 0.717) is 19.4 Å². The van der Waals surface area contributed by atoms with Crippen molar-refractivity contribution in [2.75, 3.05) is 6.54 Å². The Bertz CT molecular complexity index is 997. The zero-order chi connectivity index (χ0) is 25.4. The number of nitrogens with one attached hydrogen (secondary N) is 1. The number of hydrogen-bond acceptors (Lipinski definition) is 5. The lowest BCUT2D eigenvalue weighted by atomic mass is 9.97. The molecule has 3 amide bonds. The maximum absolute atomic E-state index is 13.1. The molecule has 2 aromatic carbocycles. The minimum Gasteiger partial charge on any atom is -0.444 e. The molecule has 9 heteroatoms. The Kier molecular flexibility index (Phi) is 9.12. The van der Waals surface area contributed by atoms with Gasteiger partial charge in [-0.1, -0.05) is 60.7 Å². The van der Waals surface area contributed by atoms with Crippen LogP contribution in [0.3, 0.4) is 0 Å². The van der Waals surface area contributed by atoms with E-state index in [1.54, 1.807) is 20.8 Å². The lowest BCUT2D eigenvalue weighted by molar-refractivity contribution is -0.162. The number of piperidine rings is 1. The molecule has 2 aromatic rings. The predicted octanol–water partition coefficient (Wildman–Crippen LogP) is 4.86. The summed E-state index contributed by atoms with van der Waals surface area (Å²) in [5.41, 5.74) is 1.07. The maximum atomic E-state index is 13.1. The molecule has 0 bridgehead atoms. The van der Waals surface area contributed by atoms with Crippen molar-refractivity contribution >= 4 is 29.0 Å². The number of hydrogen-bond donors (Lipinski definition) is 1. The van der Waals surface area contributed by atoms with Gasteiger partial charge in [-0.05, 0) is 56.3 Å². The van der Waals surface area contributed by atoms with Gasteiger partial charge >= 0.3 is 11.5 Å². The summed E-state index contributed by atoms with van der Waals surface area (Å²) in [5.74, 6) is -0.285. The van der Waals surface area contributed by atoms with E-state index in [0.717, 1.165) is 16.2 Å². The number of hydroxylamine groups is 2. The molecule has 188 valence electrons. The van der Waals surface area contributed by atoms with E-state index >= 15 is 0 Å². The normalized spacial score (nSPS) is 18.0. The van der Waals surface area contributed by atoms with Gasteiger partial charge in [0.2, 0.25) is 5.91 Å². The lowest BCUT2D eigenvalue weighted by Gasteiger charge is -2.41. The second kappa shape index (κ2) is 12.0. The van der Waals surface area contributed by atoms with Crippen molar-refractivity contribution in [3.63, 3.8) is 0 Å². The van der Waals surface area contributed by atoms with Crippen LogP contribution in [0.25, 0.3) is 0 Å². The number of carbonyl (C=O) groups excluding carboxylic acids is 3. The first-order chi connectivity index (χ1) is 16.6. The molecule has 3 rings (SSSR count). The zero-order valence-electron chi connectivity index (χ0n) is 20.3. The van der Waals surface area contributed by atoms with Crippen LogP contribution < -0.4 is 5.32 Å². The Hall–Kier alpha value is -3.10. The smallest absolute Gasteiger partial charge is 0.411 e. The Morgan fingerprint density at radius 2 is 1.60 bits per heavy atom. The quantitative estimate of drug-likeness (QED) is 0.332. The van der Waals surface area contributed by atoms with Crippen LogP contribution in [0.2, 0.25) is 0 Å². The third-order valence-electron chi connectivity index (χ3n) is 5.52. The maximum Gasteiger partial charge on any atom is 0.411 e. The van der Waals surface area contributed by atoms with Crippen molar-refractivity contribution in [2.45, 2.75) is 64.4 Å². The van der Waals surface area contributed by atoms with Gasteiger partial charge in [-0.3, -0.25) is 19.3 Å². The molecule has 35 heavy (non-hydrogen) atoms. The predicted molar refractivity (Wildman–Crippen MR) is 132 cm³/mol. The second-order valence-corrected chi connectivity index (χ2v) is 9.74. The van der Waals surface area contributed by atoms with Crippen LogP contribution in [0.5, 0.6) is 0 Å². The van der Waals surface area contributed by atoms with Gasteiger partial charge in [0, 0.05) is 13.1 Å². The summed E-state index contributed by atoms with van der Waals surface area (Å²) in [6.07, 6.45) is 0.114. The van der Waals surface area contributed by atoms with E-state index < -0.39 is 29.1 Å². The number of rotatable bonds is 7. The molecule has 0 radical (unpaired) electrons. The molecule has 1 saturated heterocycles. The van der Waals surface area contributed by atoms with Gasteiger partial charge in [0.15, 0.2) is 0 Å². The summed E-state index contributed by atoms with van der Waals surface area (Å²) in [6.45, 7) is 5.81. The van der Waals surface area contributed by atoms with E-state index in [1.807, 2.05) is 60.7 Å². The number of amides is 3. The van der Waals surface area contributed by atoms with Gasteiger partial charge in [0.25, 0.3) is 0 Å². The SMILES string of the molecule is CC(C)(C)OC(=O)N1C[C@H](N(OCc2ccccc2)C(=O)Cl)CC[C@H]1C(=O)NCc1ccccc1. The number of halogens is 1. The highest BCUT2D eigenvalue weighted by Crippen LogP contribution is 2.26. The molecule has 0 spiro atoms. The molecule has 2 atom stereocenters. The third-order valence-corrected chi connectivity index (χ3v) is 5.68. The first-order valence-electron chi connectivity index (χ1n) is 11.6. The van der Waals surface area contributed by atoms with Gasteiger partial charge in [-0.15, -0.1) is 0 Å². The van der Waals surface area contributed by atoms with Gasteiger partial charge in [0.05, 0.1) is 6.04 Å². The van der Waals surface area contributed by atoms with Gasteiger partial charge in [0.1, 0.15) is 18.2 Å². The van der Waals surface area contributed by atoms with E-state index in [-0.39, 0.29) is 19.1 Å². The van der Waals surface area contributed by atoms with Crippen molar-refractivity contribution in [1.29, 1.82) is 0 Å². The van der Waals surface area contributed by atoms with E-state index in [4.69, 9.17) is 21.2 Å². The number of likely N-dealkylation sites (tertiary alicyclic amines) is 1.